The van der Waals surface area contributed by atoms with E-state index in [2.05, 4.69) is 0 Å². The molecular weight excluding hydrogens is 678 g/mol. The van der Waals surface area contributed by atoms with Gasteiger partial charge in [0.25, 0.3) is 0 Å². The van der Waals surface area contributed by atoms with Crippen molar-refractivity contribution in [2.75, 3.05) is 72.0 Å². The molecule has 2 aromatic carbocycles. The molecule has 1 unspecified atom stereocenters. The largest absolute Gasteiger partial charge is 0.480 e. The summed E-state index contributed by atoms with van der Waals surface area (Å²) in [4.78, 5) is 53.7. The Morgan fingerprint density at radius 3 is 1.29 bits per heavy atom. The van der Waals surface area contributed by atoms with E-state index >= 15 is 0 Å². The molecule has 0 amide bonds. The van der Waals surface area contributed by atoms with Gasteiger partial charge in [-0.3, -0.25) is 38.8 Å². The van der Waals surface area contributed by atoms with Crippen LogP contribution in [0.5, 0.6) is 0 Å². The Balaban J connectivity index is 0.00000588. The first kappa shape index (κ1) is 34.7. The van der Waals surface area contributed by atoms with Crippen LogP contribution in [0.1, 0.15) is 11.6 Å². The van der Waals surface area contributed by atoms with Crippen molar-refractivity contribution in [2.24, 2.45) is 0 Å². The topological polar surface area (TPSA) is 162 Å². The van der Waals surface area contributed by atoms with Crippen molar-refractivity contribution in [1.82, 2.24) is 19.6 Å². The maximum absolute atomic E-state index is 12.6. The van der Waals surface area contributed by atoms with Gasteiger partial charge in [0.15, 0.2) is 0 Å². The SMILES string of the molecule is O=C(O)CN1CCN(CC(=O)O)CCN(C(C(=O)O)c2ccc(-c3ccccc3)cc2)CCN(CC(=O)O)CC1.[Gd]. The second-order valence-electron chi connectivity index (χ2n) is 9.77. The van der Waals surface area contributed by atoms with Crippen LogP contribution in [-0.4, -0.2) is 136 Å². The number of nitrogens with zero attached hydrogens (tertiary/aromatic N) is 4. The zero-order valence-corrected chi connectivity index (χ0v) is 24.9. The van der Waals surface area contributed by atoms with Gasteiger partial charge in [0.1, 0.15) is 6.04 Å². The number of rotatable bonds is 10. The van der Waals surface area contributed by atoms with Gasteiger partial charge in [-0.25, -0.2) is 0 Å². The van der Waals surface area contributed by atoms with E-state index < -0.39 is 29.9 Å². The molecule has 12 nitrogen and oxygen atoms in total. The van der Waals surface area contributed by atoms with Crippen LogP contribution in [0.25, 0.3) is 11.1 Å². The average molecular weight is 714 g/mol. The van der Waals surface area contributed by atoms with Crippen LogP contribution in [0.15, 0.2) is 54.6 Å². The normalized spacial score (nSPS) is 17.4. The fourth-order valence-corrected chi connectivity index (χ4v) is 4.86. The van der Waals surface area contributed by atoms with E-state index in [0.717, 1.165) is 11.1 Å². The number of hydrogen-bond donors (Lipinski definition) is 4. The summed E-state index contributed by atoms with van der Waals surface area (Å²) in [7, 11) is 0. The van der Waals surface area contributed by atoms with Gasteiger partial charge in [-0.2, -0.15) is 0 Å². The molecule has 0 spiro atoms. The summed E-state index contributed by atoms with van der Waals surface area (Å²) in [5.41, 5.74) is 2.49. The summed E-state index contributed by atoms with van der Waals surface area (Å²) in [6, 6.07) is 15.9. The van der Waals surface area contributed by atoms with Crippen LogP contribution in [0.4, 0.5) is 0 Å². The number of carbonyl (C=O) groups is 4. The van der Waals surface area contributed by atoms with Crippen LogP contribution in [-0.2, 0) is 19.2 Å². The van der Waals surface area contributed by atoms with Gasteiger partial charge in [-0.05, 0) is 16.7 Å². The fourth-order valence-electron chi connectivity index (χ4n) is 4.86. The van der Waals surface area contributed by atoms with E-state index in [-0.39, 0.29) is 112 Å². The van der Waals surface area contributed by atoms with E-state index in [4.69, 9.17) is 0 Å². The first-order valence-corrected chi connectivity index (χ1v) is 13.1. The molecule has 4 N–H and O–H groups in total. The van der Waals surface area contributed by atoms with Gasteiger partial charge in [0.2, 0.25) is 0 Å². The zero-order chi connectivity index (χ0) is 29.1. The van der Waals surface area contributed by atoms with Crippen molar-refractivity contribution in [3.63, 3.8) is 0 Å². The third kappa shape index (κ3) is 11.7. The quantitative estimate of drug-likeness (QED) is 0.277. The fraction of sp³-hybridized carbons (Fsp3) is 0.429. The summed E-state index contributed by atoms with van der Waals surface area (Å²) in [5.74, 6) is -4.18. The van der Waals surface area contributed by atoms with E-state index in [1.54, 1.807) is 31.7 Å². The first-order valence-electron chi connectivity index (χ1n) is 13.1. The van der Waals surface area contributed by atoms with Gasteiger partial charge >= 0.3 is 23.9 Å². The molecule has 1 heterocycles. The predicted octanol–water partition coefficient (Wildman–Crippen LogP) is 0.955. The monoisotopic (exact) mass is 714 g/mol. The predicted molar refractivity (Wildman–Crippen MR) is 146 cm³/mol. The van der Waals surface area contributed by atoms with Crippen LogP contribution in [0.3, 0.4) is 0 Å². The minimum absolute atomic E-state index is 0. The molecule has 0 aromatic heterocycles. The van der Waals surface area contributed by atoms with Crippen LogP contribution >= 0.6 is 0 Å². The molecule has 0 bridgehead atoms. The van der Waals surface area contributed by atoms with Gasteiger partial charge in [0, 0.05) is 92.3 Å². The molecular formula is C28H36GdN4O8. The second kappa shape index (κ2) is 17.4. The Morgan fingerprint density at radius 2 is 0.927 bits per heavy atom. The van der Waals surface area contributed by atoms with Crippen molar-refractivity contribution in [1.29, 1.82) is 0 Å². The molecule has 1 saturated heterocycles. The smallest absolute Gasteiger partial charge is 0.325 e. The summed E-state index contributed by atoms with van der Waals surface area (Å²) in [6.07, 6.45) is 0. The standard InChI is InChI=1S/C28H36N4O8.Gd/c33-24(34)18-29-10-12-30(19-25(35)36)14-16-32(17-15-31(13-11-29)20-26(37)38)27(28(39)40)23-8-6-22(7-9-23)21-4-2-1-3-5-21;/h1-9,27H,10-20H2,(H,33,34)(H,35,36)(H,37,38)(H,39,40);. The van der Waals surface area contributed by atoms with Crippen molar-refractivity contribution in [3.8, 4) is 11.1 Å². The Bertz CT molecular complexity index is 1120. The van der Waals surface area contributed by atoms with Crippen LogP contribution in [0.2, 0.25) is 0 Å². The molecule has 224 valence electrons. The molecule has 41 heavy (non-hydrogen) atoms. The van der Waals surface area contributed by atoms with Crippen molar-refractivity contribution in [3.05, 3.63) is 60.2 Å². The maximum atomic E-state index is 12.6. The molecule has 0 saturated carbocycles. The minimum Gasteiger partial charge on any atom is -0.480 e. The van der Waals surface area contributed by atoms with Crippen molar-refractivity contribution in [2.45, 2.75) is 6.04 Å². The summed E-state index contributed by atoms with van der Waals surface area (Å²) < 4.78 is 0. The first-order chi connectivity index (χ1) is 19.1. The Kier molecular flexibility index (Phi) is 14.8. The molecule has 1 fully saturated rings. The summed E-state index contributed by atoms with van der Waals surface area (Å²) in [6.45, 7) is 1.14. The van der Waals surface area contributed by atoms with Gasteiger partial charge in [0.05, 0.1) is 19.6 Å². The molecule has 2 aromatic rings. The third-order valence-corrected chi connectivity index (χ3v) is 6.88. The van der Waals surface area contributed by atoms with Crippen LogP contribution in [0, 0.1) is 39.9 Å². The number of aliphatic carboxylic acids is 4. The second-order valence-corrected chi connectivity index (χ2v) is 9.77. The van der Waals surface area contributed by atoms with E-state index in [1.807, 2.05) is 42.5 Å². The summed E-state index contributed by atoms with van der Waals surface area (Å²) >= 11 is 0. The Morgan fingerprint density at radius 1 is 0.561 bits per heavy atom. The molecule has 0 aliphatic carbocycles. The maximum Gasteiger partial charge on any atom is 0.325 e. The Hall–Kier alpha value is -2.52. The molecule has 0 radical (unpaired) electrons. The number of hydrogen-bond acceptors (Lipinski definition) is 8. The van der Waals surface area contributed by atoms with Crippen molar-refractivity contribution >= 4 is 23.9 Å². The van der Waals surface area contributed by atoms with E-state index in [0.29, 0.717) is 5.56 Å². The van der Waals surface area contributed by atoms with E-state index in [9.17, 15) is 39.6 Å². The number of carboxylic acid groups (broad SMARTS) is 4. The minimum atomic E-state index is -1.07. The molecule has 1 aliphatic rings. The Labute approximate surface area is 270 Å². The van der Waals surface area contributed by atoms with Crippen LogP contribution < -0.4 is 0 Å². The number of carboxylic acids is 4. The average Bonchev–Trinajstić information content (AvgIpc) is 2.90. The van der Waals surface area contributed by atoms with Crippen molar-refractivity contribution < 1.29 is 79.5 Å². The molecule has 1 atom stereocenters. The summed E-state index contributed by atoms with van der Waals surface area (Å²) in [5, 5.41) is 38.4. The molecule has 1 aliphatic heterocycles. The molecule has 13 heteroatoms. The third-order valence-electron chi connectivity index (χ3n) is 6.88. The molecule has 3 rings (SSSR count). The van der Waals surface area contributed by atoms with Gasteiger partial charge in [-0.1, -0.05) is 54.6 Å². The number of benzene rings is 2. The van der Waals surface area contributed by atoms with Gasteiger partial charge < -0.3 is 20.4 Å². The van der Waals surface area contributed by atoms with Gasteiger partial charge in [-0.15, -0.1) is 0 Å². The van der Waals surface area contributed by atoms with E-state index in [1.165, 1.54) is 0 Å². The zero-order valence-electron chi connectivity index (χ0n) is 22.6.